The third-order valence-corrected chi connectivity index (χ3v) is 6.41. The van der Waals surface area contributed by atoms with Crippen molar-refractivity contribution in [1.29, 1.82) is 0 Å². The summed E-state index contributed by atoms with van der Waals surface area (Å²) in [4.78, 5) is 0. The molecule has 0 bridgehead atoms. The molecule has 0 spiro atoms. The zero-order valence-corrected chi connectivity index (χ0v) is 13.9. The van der Waals surface area contributed by atoms with Gasteiger partial charge in [-0.05, 0) is 39.8 Å². The van der Waals surface area contributed by atoms with Crippen LogP contribution in [0.4, 0.5) is 5.69 Å². The van der Waals surface area contributed by atoms with E-state index in [9.17, 15) is 0 Å². The van der Waals surface area contributed by atoms with Gasteiger partial charge in [-0.25, -0.2) is 5.01 Å². The zero-order valence-electron chi connectivity index (χ0n) is 13.9. The van der Waals surface area contributed by atoms with E-state index in [2.05, 4.69) is 76.0 Å². The molecule has 0 radical (unpaired) electrons. The fourth-order valence-electron chi connectivity index (χ4n) is 4.11. The number of nitrogens with zero attached hydrogens (tertiary/aromatic N) is 3. The van der Waals surface area contributed by atoms with Crippen LogP contribution in [-0.4, -0.2) is 11.1 Å². The predicted octanol–water partition coefficient (Wildman–Crippen LogP) is 5.01. The molecule has 0 aromatic heterocycles. The normalized spacial score (nSPS) is 38.9. The Labute approximate surface area is 127 Å². The summed E-state index contributed by atoms with van der Waals surface area (Å²) in [6.45, 7) is 13.7. The number of para-hydroxylation sites is 1. The molecular weight excluding hydrogens is 258 g/mol. The van der Waals surface area contributed by atoms with Crippen molar-refractivity contribution in [2.75, 3.05) is 5.01 Å². The topological polar surface area (TPSA) is 28.0 Å². The monoisotopic (exact) mass is 283 g/mol. The van der Waals surface area contributed by atoms with Gasteiger partial charge in [-0.15, -0.1) is 0 Å². The van der Waals surface area contributed by atoms with Crippen LogP contribution < -0.4 is 5.01 Å². The molecule has 1 aliphatic heterocycles. The molecule has 2 aliphatic rings. The van der Waals surface area contributed by atoms with Crippen LogP contribution in [0.5, 0.6) is 0 Å². The molecule has 3 nitrogen and oxygen atoms in total. The number of anilines is 1. The lowest BCUT2D eigenvalue weighted by Crippen LogP contribution is -2.64. The van der Waals surface area contributed by atoms with E-state index in [1.54, 1.807) is 0 Å². The third kappa shape index (κ3) is 1.60. The Balaban J connectivity index is 2.17. The first-order valence-electron chi connectivity index (χ1n) is 7.79. The first kappa shape index (κ1) is 14.3. The maximum atomic E-state index is 4.75. The lowest BCUT2D eigenvalue weighted by Gasteiger charge is -2.53. The predicted molar refractivity (Wildman–Crippen MR) is 87.3 cm³/mol. The van der Waals surface area contributed by atoms with Crippen molar-refractivity contribution < 1.29 is 0 Å². The molecule has 0 N–H and O–H groups in total. The van der Waals surface area contributed by atoms with Crippen LogP contribution in [0.3, 0.4) is 0 Å². The minimum absolute atomic E-state index is 0.128. The lowest BCUT2D eigenvalue weighted by molar-refractivity contribution is 0.158. The van der Waals surface area contributed by atoms with Crippen molar-refractivity contribution >= 4 is 5.69 Å². The number of benzene rings is 1. The van der Waals surface area contributed by atoms with Crippen LogP contribution in [0.2, 0.25) is 0 Å². The molecule has 112 valence electrons. The Morgan fingerprint density at radius 3 is 2.14 bits per heavy atom. The second-order valence-corrected chi connectivity index (χ2v) is 6.94. The van der Waals surface area contributed by atoms with Gasteiger partial charge < -0.3 is 0 Å². The van der Waals surface area contributed by atoms with Gasteiger partial charge in [-0.3, -0.25) is 0 Å². The maximum absolute atomic E-state index is 4.75. The first-order chi connectivity index (χ1) is 9.84. The third-order valence-electron chi connectivity index (χ3n) is 6.41. The zero-order chi connectivity index (χ0) is 15.4. The van der Waals surface area contributed by atoms with Crippen LogP contribution in [-0.2, 0) is 0 Å². The minimum Gasteiger partial charge on any atom is -0.238 e. The first-order valence-corrected chi connectivity index (χ1v) is 7.79. The molecule has 1 aromatic rings. The number of hydrogen-bond donors (Lipinski definition) is 0. The standard InChI is InChI=1S/C18H25N3/c1-12-13(2)15(4)18(6)17(5,14(12)3)19-20-21(18)16-10-8-7-9-11-16/h7-11,14-15H,1-6H3/t14-,15+,17-,18-/m1/s1. The minimum atomic E-state index is -0.189. The van der Waals surface area contributed by atoms with Crippen LogP contribution in [0.25, 0.3) is 0 Å². The van der Waals surface area contributed by atoms with E-state index < -0.39 is 0 Å². The van der Waals surface area contributed by atoms with Gasteiger partial charge in [0.1, 0.15) is 5.54 Å². The van der Waals surface area contributed by atoms with Crippen LogP contribution in [0.1, 0.15) is 41.5 Å². The van der Waals surface area contributed by atoms with Gasteiger partial charge in [0, 0.05) is 11.8 Å². The second-order valence-electron chi connectivity index (χ2n) is 6.94. The molecule has 1 aliphatic carbocycles. The summed E-state index contributed by atoms with van der Waals surface area (Å²) in [5, 5.41) is 11.5. The lowest BCUT2D eigenvalue weighted by atomic mass is 9.57. The number of rotatable bonds is 1. The average Bonchev–Trinajstić information content (AvgIpc) is 2.78. The molecule has 0 saturated heterocycles. The molecule has 0 fully saturated rings. The van der Waals surface area contributed by atoms with E-state index >= 15 is 0 Å². The summed E-state index contributed by atoms with van der Waals surface area (Å²) in [6.07, 6.45) is 0. The van der Waals surface area contributed by atoms with Crippen molar-refractivity contribution in [2.45, 2.75) is 52.6 Å². The fourth-order valence-corrected chi connectivity index (χ4v) is 4.11. The highest BCUT2D eigenvalue weighted by atomic mass is 15.6. The van der Waals surface area contributed by atoms with Crippen molar-refractivity contribution in [3.8, 4) is 0 Å². The molecule has 1 aromatic carbocycles. The molecule has 0 saturated carbocycles. The Hall–Kier alpha value is -1.64. The maximum Gasteiger partial charge on any atom is 0.113 e. The summed E-state index contributed by atoms with van der Waals surface area (Å²) in [7, 11) is 0. The Bertz CT molecular complexity index is 619. The smallest absolute Gasteiger partial charge is 0.113 e. The molecule has 3 rings (SSSR count). The summed E-state index contributed by atoms with van der Waals surface area (Å²) in [5.41, 5.74) is 3.76. The van der Waals surface area contributed by atoms with Gasteiger partial charge in [-0.2, -0.15) is 5.11 Å². The Kier molecular flexibility index (Phi) is 3.01. The van der Waals surface area contributed by atoms with E-state index in [0.29, 0.717) is 11.8 Å². The van der Waals surface area contributed by atoms with Crippen molar-refractivity contribution in [3.63, 3.8) is 0 Å². The summed E-state index contributed by atoms with van der Waals surface area (Å²) < 4.78 is 0. The quantitative estimate of drug-likeness (QED) is 0.665. The van der Waals surface area contributed by atoms with Gasteiger partial charge in [0.2, 0.25) is 0 Å². The second kappa shape index (κ2) is 4.43. The highest BCUT2D eigenvalue weighted by Crippen LogP contribution is 2.56. The van der Waals surface area contributed by atoms with Gasteiger partial charge in [-0.1, -0.05) is 48.4 Å². The molecule has 21 heavy (non-hydrogen) atoms. The van der Waals surface area contributed by atoms with Gasteiger partial charge in [0.05, 0.1) is 11.2 Å². The largest absolute Gasteiger partial charge is 0.238 e. The number of hydrogen-bond acceptors (Lipinski definition) is 3. The molecule has 0 unspecified atom stereocenters. The van der Waals surface area contributed by atoms with E-state index in [1.165, 1.54) is 11.1 Å². The van der Waals surface area contributed by atoms with Crippen LogP contribution in [0.15, 0.2) is 51.8 Å². The van der Waals surface area contributed by atoms with Gasteiger partial charge in [0.25, 0.3) is 0 Å². The van der Waals surface area contributed by atoms with E-state index in [-0.39, 0.29) is 11.1 Å². The highest BCUT2D eigenvalue weighted by Gasteiger charge is 2.62. The van der Waals surface area contributed by atoms with Crippen molar-refractivity contribution in [2.24, 2.45) is 22.2 Å². The van der Waals surface area contributed by atoms with Crippen molar-refractivity contribution in [3.05, 3.63) is 41.5 Å². The molecule has 1 heterocycles. The molecular formula is C18H25N3. The van der Waals surface area contributed by atoms with Gasteiger partial charge >= 0.3 is 0 Å². The SMILES string of the molecule is CC1=C(C)[C@H](C)[C@@]2(C)N(c3ccccc3)N=N[C@]2(C)[C@@H]1C. The summed E-state index contributed by atoms with van der Waals surface area (Å²) >= 11 is 0. The van der Waals surface area contributed by atoms with E-state index in [1.807, 2.05) is 6.07 Å². The average molecular weight is 283 g/mol. The molecule has 3 heteroatoms. The summed E-state index contributed by atoms with van der Waals surface area (Å²) in [5.74, 6) is 0.810. The highest BCUT2D eigenvalue weighted by molar-refractivity contribution is 5.53. The van der Waals surface area contributed by atoms with E-state index in [0.717, 1.165) is 5.69 Å². The molecule has 4 atom stereocenters. The summed E-state index contributed by atoms with van der Waals surface area (Å²) in [6, 6.07) is 10.4. The van der Waals surface area contributed by atoms with Gasteiger partial charge in [0.15, 0.2) is 0 Å². The fraction of sp³-hybridized carbons (Fsp3) is 0.556. The van der Waals surface area contributed by atoms with Crippen LogP contribution >= 0.6 is 0 Å². The van der Waals surface area contributed by atoms with Crippen LogP contribution in [0, 0.1) is 11.8 Å². The number of fused-ring (bicyclic) bond motifs is 1. The molecule has 0 amide bonds. The Morgan fingerprint density at radius 2 is 1.52 bits per heavy atom. The Morgan fingerprint density at radius 1 is 0.952 bits per heavy atom. The van der Waals surface area contributed by atoms with Crippen molar-refractivity contribution in [1.82, 2.24) is 0 Å². The van der Waals surface area contributed by atoms with E-state index in [4.69, 9.17) is 5.11 Å².